The van der Waals surface area contributed by atoms with E-state index in [4.69, 9.17) is 0 Å². The van der Waals surface area contributed by atoms with Crippen LogP contribution >= 0.6 is 11.8 Å². The van der Waals surface area contributed by atoms with Gasteiger partial charge < -0.3 is 9.45 Å². The van der Waals surface area contributed by atoms with Crippen molar-refractivity contribution >= 4 is 38.9 Å². The average molecular weight is 455 g/mol. The molecule has 2 heterocycles. The summed E-state index contributed by atoms with van der Waals surface area (Å²) in [6, 6.07) is 18.6. The quantitative estimate of drug-likeness (QED) is 0.440. The van der Waals surface area contributed by atoms with Gasteiger partial charge in [-0.25, -0.2) is 8.42 Å². The molecular weight excluding hydrogens is 428 g/mol. The molecule has 4 rings (SSSR count). The maximum absolute atomic E-state index is 10.4. The lowest BCUT2D eigenvalue weighted by Gasteiger charge is -2.09. The summed E-state index contributed by atoms with van der Waals surface area (Å²) in [5, 5.41) is 2.63. The van der Waals surface area contributed by atoms with Crippen LogP contribution in [0.3, 0.4) is 0 Å². The fourth-order valence-corrected chi connectivity index (χ4v) is 4.67. The van der Waals surface area contributed by atoms with Gasteiger partial charge in [-0.3, -0.25) is 0 Å². The van der Waals surface area contributed by atoms with Crippen molar-refractivity contribution in [2.75, 3.05) is 19.3 Å². The van der Waals surface area contributed by atoms with Gasteiger partial charge in [0.1, 0.15) is 17.2 Å². The molecule has 1 aliphatic rings. The normalized spacial score (nSPS) is 15.5. The first-order valence-corrected chi connectivity index (χ1v) is 12.3. The van der Waals surface area contributed by atoms with Crippen LogP contribution in [0.4, 0.5) is 0 Å². The van der Waals surface area contributed by atoms with Crippen LogP contribution in [0.5, 0.6) is 0 Å². The molecule has 0 atom stereocenters. The largest absolute Gasteiger partial charge is 0.744 e. The number of pyridine rings is 1. The van der Waals surface area contributed by atoms with Gasteiger partial charge in [0.15, 0.2) is 0 Å². The molecule has 0 aliphatic carbocycles. The summed E-state index contributed by atoms with van der Waals surface area (Å²) < 4.78 is 33.4. The zero-order chi connectivity index (χ0) is 22.4. The monoisotopic (exact) mass is 454 g/mol. The molecule has 0 N–H and O–H groups in total. The second kappa shape index (κ2) is 10.1. The molecule has 0 amide bonds. The SMILES string of the molecule is CN1CCS/C1=C\C=C\c1ccc2ccccc2[n+]1C.Cc1ccc(S(=O)(=O)[O-])cc1. The zero-order valence-electron chi connectivity index (χ0n) is 17.9. The third-order valence-electron chi connectivity index (χ3n) is 4.99. The third-order valence-corrected chi connectivity index (χ3v) is 6.97. The minimum atomic E-state index is -4.27. The molecule has 0 saturated carbocycles. The van der Waals surface area contributed by atoms with Crippen LogP contribution in [-0.4, -0.2) is 37.2 Å². The molecule has 5 nitrogen and oxygen atoms in total. The number of fused-ring (bicyclic) bond motifs is 1. The molecule has 0 spiro atoms. The first-order valence-electron chi connectivity index (χ1n) is 9.88. The third kappa shape index (κ3) is 6.19. The Bertz CT molecular complexity index is 1220. The Morgan fingerprint density at radius 3 is 2.42 bits per heavy atom. The molecule has 1 saturated heterocycles. The van der Waals surface area contributed by atoms with E-state index in [0.29, 0.717) is 0 Å². The number of para-hydroxylation sites is 1. The standard InChI is InChI=1S/C17H19N2S.C7H8O3S/c1-18-12-13-20-17(18)9-5-7-15-11-10-14-6-3-4-8-16(14)19(15)2;1-6-2-4-7(5-3-6)11(8,9)10/h3-11H,12-13H2,1-2H3;2-5H,1H3,(H,8,9,10)/q+1;/p-1. The van der Waals surface area contributed by atoms with Crippen molar-refractivity contribution in [1.29, 1.82) is 0 Å². The minimum absolute atomic E-state index is 0.178. The highest BCUT2D eigenvalue weighted by molar-refractivity contribution is 8.03. The molecule has 31 heavy (non-hydrogen) atoms. The van der Waals surface area contributed by atoms with E-state index in [1.165, 1.54) is 39.5 Å². The van der Waals surface area contributed by atoms with E-state index in [1.807, 2.05) is 18.7 Å². The highest BCUT2D eigenvalue weighted by Crippen LogP contribution is 2.25. The predicted octanol–water partition coefficient (Wildman–Crippen LogP) is 4.10. The Hall–Kier alpha value is -2.61. The summed E-state index contributed by atoms with van der Waals surface area (Å²) in [4.78, 5) is 2.12. The summed E-state index contributed by atoms with van der Waals surface area (Å²) in [5.41, 5.74) is 3.40. The number of benzene rings is 2. The summed E-state index contributed by atoms with van der Waals surface area (Å²) >= 11 is 1.92. The molecular formula is C24H26N2O3S2. The van der Waals surface area contributed by atoms with Crippen molar-refractivity contribution in [2.24, 2.45) is 7.05 Å². The van der Waals surface area contributed by atoms with Gasteiger partial charge in [0.05, 0.1) is 9.92 Å². The van der Waals surface area contributed by atoms with Crippen LogP contribution in [0.1, 0.15) is 11.3 Å². The zero-order valence-corrected chi connectivity index (χ0v) is 19.5. The Labute approximate surface area is 188 Å². The number of rotatable bonds is 3. The number of hydrogen-bond donors (Lipinski definition) is 0. The fourth-order valence-electron chi connectivity index (χ4n) is 3.14. The van der Waals surface area contributed by atoms with Crippen molar-refractivity contribution in [2.45, 2.75) is 11.8 Å². The van der Waals surface area contributed by atoms with Crippen molar-refractivity contribution in [1.82, 2.24) is 4.90 Å². The van der Waals surface area contributed by atoms with Gasteiger partial charge >= 0.3 is 0 Å². The lowest BCUT2D eigenvalue weighted by atomic mass is 10.2. The molecule has 0 unspecified atom stereocenters. The van der Waals surface area contributed by atoms with Gasteiger partial charge in [0, 0.05) is 42.9 Å². The first-order chi connectivity index (χ1) is 14.8. The number of thioether (sulfide) groups is 1. The fraction of sp³-hybridized carbons (Fsp3) is 0.208. The Kier molecular flexibility index (Phi) is 7.54. The van der Waals surface area contributed by atoms with Crippen molar-refractivity contribution < 1.29 is 17.5 Å². The number of aromatic nitrogens is 1. The van der Waals surface area contributed by atoms with Gasteiger partial charge in [0.25, 0.3) is 0 Å². The Morgan fingerprint density at radius 2 is 1.77 bits per heavy atom. The number of nitrogens with zero attached hydrogens (tertiary/aromatic N) is 2. The first kappa shape index (κ1) is 23.1. The number of allylic oxidation sites excluding steroid dienone is 2. The molecule has 162 valence electrons. The van der Waals surface area contributed by atoms with Crippen molar-refractivity contribution in [3.05, 3.63) is 89.1 Å². The lowest BCUT2D eigenvalue weighted by molar-refractivity contribution is -0.646. The maximum Gasteiger partial charge on any atom is 0.212 e. The number of hydrogen-bond acceptors (Lipinski definition) is 5. The number of aryl methyl sites for hydroxylation is 2. The molecule has 7 heteroatoms. The lowest BCUT2D eigenvalue weighted by Crippen LogP contribution is -2.32. The van der Waals surface area contributed by atoms with E-state index in [1.54, 1.807) is 12.1 Å². The average Bonchev–Trinajstić information content (AvgIpc) is 3.15. The highest BCUT2D eigenvalue weighted by atomic mass is 32.2. The predicted molar refractivity (Wildman–Crippen MR) is 126 cm³/mol. The minimum Gasteiger partial charge on any atom is -0.744 e. The van der Waals surface area contributed by atoms with E-state index in [2.05, 4.69) is 78.2 Å². The van der Waals surface area contributed by atoms with E-state index in [9.17, 15) is 13.0 Å². The summed E-state index contributed by atoms with van der Waals surface area (Å²) in [6.07, 6.45) is 6.52. The molecule has 1 aromatic heterocycles. The van der Waals surface area contributed by atoms with Crippen LogP contribution in [0.2, 0.25) is 0 Å². The van der Waals surface area contributed by atoms with Crippen LogP contribution < -0.4 is 4.57 Å². The van der Waals surface area contributed by atoms with Crippen LogP contribution in [0.25, 0.3) is 17.0 Å². The highest BCUT2D eigenvalue weighted by Gasteiger charge is 2.12. The van der Waals surface area contributed by atoms with Crippen LogP contribution in [0, 0.1) is 6.92 Å². The maximum atomic E-state index is 10.4. The van der Waals surface area contributed by atoms with E-state index in [-0.39, 0.29) is 4.90 Å². The molecule has 3 aromatic rings. The second-order valence-electron chi connectivity index (χ2n) is 7.28. The Morgan fingerprint density at radius 1 is 1.06 bits per heavy atom. The molecule has 0 radical (unpaired) electrons. The summed E-state index contributed by atoms with van der Waals surface area (Å²) in [5.74, 6) is 1.19. The topological polar surface area (TPSA) is 64.3 Å². The van der Waals surface area contributed by atoms with Gasteiger partial charge in [-0.1, -0.05) is 35.9 Å². The van der Waals surface area contributed by atoms with Crippen molar-refractivity contribution in [3.8, 4) is 0 Å². The molecule has 2 aromatic carbocycles. The van der Waals surface area contributed by atoms with E-state index < -0.39 is 10.1 Å². The molecule has 0 bridgehead atoms. The molecule has 1 fully saturated rings. The van der Waals surface area contributed by atoms with Gasteiger partial charge in [-0.2, -0.15) is 4.57 Å². The summed E-state index contributed by atoms with van der Waals surface area (Å²) in [6.45, 7) is 2.97. The van der Waals surface area contributed by atoms with E-state index >= 15 is 0 Å². The van der Waals surface area contributed by atoms with Crippen LogP contribution in [-0.2, 0) is 17.2 Å². The summed E-state index contributed by atoms with van der Waals surface area (Å²) in [7, 11) is -0.00441. The Balaban J connectivity index is 0.000000210. The smallest absolute Gasteiger partial charge is 0.212 e. The molecule has 1 aliphatic heterocycles. The van der Waals surface area contributed by atoms with Crippen molar-refractivity contribution in [3.63, 3.8) is 0 Å². The van der Waals surface area contributed by atoms with E-state index in [0.717, 1.165) is 12.1 Å². The van der Waals surface area contributed by atoms with Crippen LogP contribution in [0.15, 0.2) is 82.7 Å². The van der Waals surface area contributed by atoms with Gasteiger partial charge in [0.2, 0.25) is 11.2 Å². The second-order valence-corrected chi connectivity index (χ2v) is 9.77. The van der Waals surface area contributed by atoms with Gasteiger partial charge in [-0.05, 0) is 37.3 Å². The van der Waals surface area contributed by atoms with Gasteiger partial charge in [-0.15, -0.1) is 11.8 Å².